The van der Waals surface area contributed by atoms with E-state index in [1.165, 1.54) is 0 Å². The Kier molecular flexibility index (Phi) is 4.22. The first kappa shape index (κ1) is 14.5. The molecule has 114 valence electrons. The summed E-state index contributed by atoms with van der Waals surface area (Å²) in [6.07, 6.45) is 7.16. The zero-order chi connectivity index (χ0) is 14.7. The zero-order valence-corrected chi connectivity index (χ0v) is 12.3. The van der Waals surface area contributed by atoms with E-state index >= 15 is 0 Å². The van der Waals surface area contributed by atoms with Gasteiger partial charge in [-0.05, 0) is 37.3 Å². The second-order valence-electron chi connectivity index (χ2n) is 6.04. The normalized spacial score (nSPS) is 25.0. The van der Waals surface area contributed by atoms with E-state index in [0.717, 1.165) is 37.8 Å². The summed E-state index contributed by atoms with van der Waals surface area (Å²) < 4.78 is 5.41. The molecule has 2 N–H and O–H groups in total. The van der Waals surface area contributed by atoms with Crippen LogP contribution < -0.4 is 5.73 Å². The Balaban J connectivity index is 1.82. The summed E-state index contributed by atoms with van der Waals surface area (Å²) in [6, 6.07) is 4.14. The smallest absolute Gasteiger partial charge is 0.230 e. The van der Waals surface area contributed by atoms with Gasteiger partial charge in [-0.2, -0.15) is 0 Å². The van der Waals surface area contributed by atoms with Crippen LogP contribution >= 0.6 is 0 Å². The molecule has 5 nitrogen and oxygen atoms in total. The molecule has 1 unspecified atom stereocenters. The van der Waals surface area contributed by atoms with Gasteiger partial charge in [0.25, 0.3) is 0 Å². The van der Waals surface area contributed by atoms with Crippen molar-refractivity contribution in [1.82, 2.24) is 9.88 Å². The highest BCUT2D eigenvalue weighted by molar-refractivity contribution is 5.84. The number of hydrogen-bond acceptors (Lipinski definition) is 4. The average Bonchev–Trinajstić information content (AvgIpc) is 3.05. The number of nitrogens with two attached hydrogens (primary N) is 1. The van der Waals surface area contributed by atoms with Crippen LogP contribution in [0.15, 0.2) is 24.5 Å². The second kappa shape index (κ2) is 6.12. The monoisotopic (exact) mass is 289 g/mol. The van der Waals surface area contributed by atoms with Gasteiger partial charge in [-0.15, -0.1) is 0 Å². The fourth-order valence-electron chi connectivity index (χ4n) is 3.50. The average molecular weight is 289 g/mol. The Morgan fingerprint density at radius 2 is 2.29 bits per heavy atom. The quantitative estimate of drug-likeness (QED) is 0.915. The summed E-state index contributed by atoms with van der Waals surface area (Å²) >= 11 is 0. The van der Waals surface area contributed by atoms with Crippen LogP contribution in [0.4, 0.5) is 0 Å². The van der Waals surface area contributed by atoms with E-state index in [0.29, 0.717) is 19.8 Å². The number of carbonyl (C=O) groups is 1. The number of aromatic nitrogens is 1. The molecule has 2 aliphatic rings. The first-order chi connectivity index (χ1) is 10.3. The number of rotatable bonds is 3. The lowest BCUT2D eigenvalue weighted by atomic mass is 9.78. The molecule has 0 aliphatic carbocycles. The van der Waals surface area contributed by atoms with Gasteiger partial charge < -0.3 is 15.4 Å². The van der Waals surface area contributed by atoms with Gasteiger partial charge >= 0.3 is 0 Å². The van der Waals surface area contributed by atoms with Gasteiger partial charge in [-0.25, -0.2) is 0 Å². The predicted octanol–water partition coefficient (Wildman–Crippen LogP) is 1.50. The fourth-order valence-corrected chi connectivity index (χ4v) is 3.50. The van der Waals surface area contributed by atoms with Gasteiger partial charge in [0.1, 0.15) is 0 Å². The summed E-state index contributed by atoms with van der Waals surface area (Å²) in [5.41, 5.74) is 6.68. The fraction of sp³-hybridized carbons (Fsp3) is 0.625. The maximum absolute atomic E-state index is 13.1. The summed E-state index contributed by atoms with van der Waals surface area (Å²) in [5.74, 6) is 0.208. The van der Waals surface area contributed by atoms with Gasteiger partial charge in [0.2, 0.25) is 5.91 Å². The molecule has 1 atom stereocenters. The van der Waals surface area contributed by atoms with Crippen molar-refractivity contribution in [3.63, 3.8) is 0 Å². The van der Waals surface area contributed by atoms with E-state index in [4.69, 9.17) is 10.5 Å². The van der Waals surface area contributed by atoms with Gasteiger partial charge in [0, 0.05) is 38.7 Å². The lowest BCUT2D eigenvalue weighted by Crippen LogP contribution is -2.50. The molecule has 0 radical (unpaired) electrons. The van der Waals surface area contributed by atoms with Gasteiger partial charge in [-0.3, -0.25) is 9.78 Å². The van der Waals surface area contributed by atoms with Crippen LogP contribution in [-0.2, 0) is 9.53 Å². The van der Waals surface area contributed by atoms with Crippen molar-refractivity contribution < 1.29 is 9.53 Å². The van der Waals surface area contributed by atoms with E-state index in [9.17, 15) is 4.79 Å². The Bertz CT molecular complexity index is 486. The highest BCUT2D eigenvalue weighted by Gasteiger charge is 2.44. The molecule has 1 amide bonds. The maximum Gasteiger partial charge on any atom is 0.230 e. The Morgan fingerprint density at radius 1 is 1.48 bits per heavy atom. The number of amides is 1. The van der Waals surface area contributed by atoms with Crippen LogP contribution in [0.1, 0.15) is 37.3 Å². The molecule has 5 heteroatoms. The lowest BCUT2D eigenvalue weighted by molar-refractivity contribution is -0.148. The number of carbonyl (C=O) groups excluding carboxylic acids is 1. The summed E-state index contributed by atoms with van der Waals surface area (Å²) in [6.45, 7) is 2.50. The van der Waals surface area contributed by atoms with E-state index < -0.39 is 5.41 Å². The van der Waals surface area contributed by atoms with Crippen LogP contribution in [0.3, 0.4) is 0 Å². The van der Waals surface area contributed by atoms with E-state index in [1.807, 2.05) is 17.2 Å². The van der Waals surface area contributed by atoms with Crippen molar-refractivity contribution in [3.05, 3.63) is 30.1 Å². The first-order valence-corrected chi connectivity index (χ1v) is 7.76. The maximum atomic E-state index is 13.1. The van der Waals surface area contributed by atoms with Gasteiger partial charge in [0.05, 0.1) is 11.5 Å². The first-order valence-electron chi connectivity index (χ1n) is 7.76. The third-order valence-electron chi connectivity index (χ3n) is 4.88. The molecule has 1 aromatic rings. The minimum absolute atomic E-state index is 0.150. The Morgan fingerprint density at radius 3 is 2.95 bits per heavy atom. The number of hydrogen-bond donors (Lipinski definition) is 1. The van der Waals surface area contributed by atoms with Crippen LogP contribution in [-0.4, -0.2) is 42.1 Å². The van der Waals surface area contributed by atoms with E-state index in [-0.39, 0.29) is 11.9 Å². The van der Waals surface area contributed by atoms with Crippen molar-refractivity contribution in [2.24, 2.45) is 11.1 Å². The van der Waals surface area contributed by atoms with Crippen molar-refractivity contribution in [2.45, 2.75) is 31.7 Å². The van der Waals surface area contributed by atoms with E-state index in [1.54, 1.807) is 6.20 Å². The topological polar surface area (TPSA) is 68.5 Å². The molecular formula is C16H23N3O2. The Labute approximate surface area is 125 Å². The predicted molar refractivity (Wildman–Crippen MR) is 79.5 cm³/mol. The van der Waals surface area contributed by atoms with Crippen molar-refractivity contribution in [3.8, 4) is 0 Å². The molecule has 3 heterocycles. The lowest BCUT2D eigenvalue weighted by Gasteiger charge is -2.39. The van der Waals surface area contributed by atoms with Crippen LogP contribution in [0.2, 0.25) is 0 Å². The highest BCUT2D eigenvalue weighted by Crippen LogP contribution is 2.38. The zero-order valence-electron chi connectivity index (χ0n) is 12.3. The molecule has 1 aromatic heterocycles. The summed E-state index contributed by atoms with van der Waals surface area (Å²) in [4.78, 5) is 19.3. The standard InChI is InChI=1S/C16H23N3O2/c17-12-16(5-9-21-10-6-16)15(20)19-8-2-4-14(19)13-3-1-7-18-11-13/h1,3,7,11,14H,2,4-6,8-10,12,17H2. The molecule has 0 saturated carbocycles. The van der Waals surface area contributed by atoms with Crippen LogP contribution in [0, 0.1) is 5.41 Å². The number of pyridine rings is 1. The molecule has 0 spiro atoms. The van der Waals surface area contributed by atoms with Gasteiger partial charge in [0.15, 0.2) is 0 Å². The molecule has 21 heavy (non-hydrogen) atoms. The minimum Gasteiger partial charge on any atom is -0.381 e. The van der Waals surface area contributed by atoms with Crippen LogP contribution in [0.25, 0.3) is 0 Å². The summed E-state index contributed by atoms with van der Waals surface area (Å²) in [7, 11) is 0. The van der Waals surface area contributed by atoms with Crippen molar-refractivity contribution in [2.75, 3.05) is 26.3 Å². The third-order valence-corrected chi connectivity index (χ3v) is 4.88. The number of ether oxygens (including phenoxy) is 1. The Hall–Kier alpha value is -1.46. The van der Waals surface area contributed by atoms with Crippen molar-refractivity contribution in [1.29, 1.82) is 0 Å². The molecule has 2 aliphatic heterocycles. The highest BCUT2D eigenvalue weighted by atomic mass is 16.5. The molecule has 0 bridgehead atoms. The molecule has 0 aromatic carbocycles. The van der Waals surface area contributed by atoms with Crippen LogP contribution in [0.5, 0.6) is 0 Å². The van der Waals surface area contributed by atoms with Gasteiger partial charge in [-0.1, -0.05) is 6.07 Å². The third kappa shape index (κ3) is 2.68. The second-order valence-corrected chi connectivity index (χ2v) is 6.04. The van der Waals surface area contributed by atoms with Crippen molar-refractivity contribution >= 4 is 5.91 Å². The molecular weight excluding hydrogens is 266 g/mol. The SMILES string of the molecule is NCC1(C(=O)N2CCCC2c2cccnc2)CCOCC1. The minimum atomic E-state index is -0.428. The summed E-state index contributed by atoms with van der Waals surface area (Å²) in [5, 5.41) is 0. The van der Waals surface area contributed by atoms with E-state index in [2.05, 4.69) is 11.1 Å². The molecule has 2 fully saturated rings. The number of likely N-dealkylation sites (tertiary alicyclic amines) is 1. The molecule has 2 saturated heterocycles. The number of nitrogens with zero attached hydrogens (tertiary/aromatic N) is 2. The largest absolute Gasteiger partial charge is 0.381 e. The molecule has 3 rings (SSSR count).